The maximum Gasteiger partial charge on any atom is 0.338 e. The molecule has 2 amide bonds. The molecule has 3 aromatic carbocycles. The van der Waals surface area contributed by atoms with Crippen molar-refractivity contribution in [1.29, 1.82) is 0 Å². The van der Waals surface area contributed by atoms with Gasteiger partial charge in [-0.2, -0.15) is 0 Å². The maximum absolute atomic E-state index is 14.2. The van der Waals surface area contributed by atoms with Crippen molar-refractivity contribution >= 4 is 69.8 Å². The number of hydrogen-bond acceptors (Lipinski definition) is 8. The molecular weight excluding hydrogens is 679 g/mol. The van der Waals surface area contributed by atoms with Gasteiger partial charge in [0.05, 0.1) is 34.7 Å². The average Bonchev–Trinajstić information content (AvgIpc) is 3.79. The number of ether oxygens (including phenoxy) is 2. The first-order chi connectivity index (χ1) is 22.7. The molecule has 1 aromatic heterocycles. The molecule has 2 aliphatic heterocycles. The van der Waals surface area contributed by atoms with Crippen LogP contribution in [0.3, 0.4) is 0 Å². The van der Waals surface area contributed by atoms with E-state index in [2.05, 4.69) is 4.98 Å². The third-order valence-corrected chi connectivity index (χ3v) is 13.0. The van der Waals surface area contributed by atoms with Crippen LogP contribution in [-0.2, 0) is 20.9 Å². The van der Waals surface area contributed by atoms with E-state index in [9.17, 15) is 19.2 Å². The first kappa shape index (κ1) is 30.7. The zero-order valence-corrected chi connectivity index (χ0v) is 28.1. The highest BCUT2D eigenvalue weighted by Gasteiger charge is 2.69. The summed E-state index contributed by atoms with van der Waals surface area (Å²) in [7, 11) is 0. The molecule has 47 heavy (non-hydrogen) atoms. The van der Waals surface area contributed by atoms with Gasteiger partial charge in [0, 0.05) is 31.7 Å². The predicted molar refractivity (Wildman–Crippen MR) is 181 cm³/mol. The van der Waals surface area contributed by atoms with E-state index < -0.39 is 17.8 Å². The Morgan fingerprint density at radius 3 is 2.45 bits per heavy atom. The number of halogens is 2. The van der Waals surface area contributed by atoms with Gasteiger partial charge in [-0.3, -0.25) is 19.3 Å². The quantitative estimate of drug-likeness (QED) is 0.160. The molecule has 7 atom stereocenters. The SMILES string of the molecule is CCOC(=O)c1ccc(N2C(=O)C3C(C2=O)[C@@H]2C[C@H]3C3Sc4[nH]c(=O)sc4C(c4cc(Cl)ccc4OCc4cccc(Cl)c4)C32)cc1. The fourth-order valence-corrected chi connectivity index (χ4v) is 11.5. The molecule has 3 fully saturated rings. The number of esters is 1. The summed E-state index contributed by atoms with van der Waals surface area (Å²) in [6, 6.07) is 19.5. The van der Waals surface area contributed by atoms with Crippen molar-refractivity contribution in [3.8, 4) is 5.75 Å². The molecule has 3 heterocycles. The third kappa shape index (κ3) is 5.03. The standard InChI is InChI=1S/C35H28Cl2N2O6S2/c1-2-44-34(42)17-6-9-20(10-7-17)39-32(40)27-22-14-23(28(27)33(39)41)29-26(22)25(30-31(46-29)38-35(43)47-30)21-13-19(37)8-11-24(21)45-15-16-4-3-5-18(36)12-16/h3-13,22-23,25-29H,2,14-15H2,1H3,(H,38,43)/t22-,23-,25?,26?,27?,28?,29?/m1/s1. The molecule has 4 aliphatic rings. The van der Waals surface area contributed by atoms with Crippen molar-refractivity contribution in [3.63, 3.8) is 0 Å². The number of nitrogens with zero attached hydrogens (tertiary/aromatic N) is 1. The zero-order chi connectivity index (χ0) is 32.6. The Labute approximate surface area is 288 Å². The molecule has 240 valence electrons. The number of carbonyl (C=O) groups excluding carboxylic acids is 3. The molecule has 12 heteroatoms. The molecule has 8 nitrogen and oxygen atoms in total. The van der Waals surface area contributed by atoms with Gasteiger partial charge in [-0.1, -0.05) is 46.7 Å². The van der Waals surface area contributed by atoms with Crippen molar-refractivity contribution < 1.29 is 23.9 Å². The van der Waals surface area contributed by atoms with Gasteiger partial charge >= 0.3 is 10.8 Å². The number of thioether (sulfide) groups is 1. The molecule has 1 N–H and O–H groups in total. The van der Waals surface area contributed by atoms with Crippen molar-refractivity contribution in [2.75, 3.05) is 11.5 Å². The molecule has 1 saturated heterocycles. The lowest BCUT2D eigenvalue weighted by Crippen LogP contribution is -2.42. The minimum absolute atomic E-state index is 0.00616. The lowest BCUT2D eigenvalue weighted by molar-refractivity contribution is -0.123. The summed E-state index contributed by atoms with van der Waals surface area (Å²) in [6.45, 7) is 2.27. The van der Waals surface area contributed by atoms with Crippen LogP contribution in [0.25, 0.3) is 0 Å². The van der Waals surface area contributed by atoms with E-state index in [1.807, 2.05) is 36.4 Å². The first-order valence-corrected chi connectivity index (χ1v) is 17.9. The van der Waals surface area contributed by atoms with Crippen molar-refractivity contribution in [2.45, 2.75) is 36.1 Å². The van der Waals surface area contributed by atoms with Gasteiger partial charge in [-0.05, 0) is 91.3 Å². The predicted octanol–water partition coefficient (Wildman–Crippen LogP) is 7.18. The van der Waals surface area contributed by atoms with E-state index in [1.165, 1.54) is 16.2 Å². The smallest absolute Gasteiger partial charge is 0.338 e. The highest BCUT2D eigenvalue weighted by Crippen LogP contribution is 2.69. The summed E-state index contributed by atoms with van der Waals surface area (Å²) >= 11 is 15.6. The number of anilines is 1. The number of benzene rings is 3. The molecular formula is C35H28Cl2N2O6S2. The molecule has 4 aromatic rings. The first-order valence-electron chi connectivity index (χ1n) is 15.4. The molecule has 8 rings (SSSR count). The van der Waals surface area contributed by atoms with Crippen molar-refractivity contribution in [2.24, 2.45) is 29.6 Å². The largest absolute Gasteiger partial charge is 0.489 e. The van der Waals surface area contributed by atoms with Crippen LogP contribution in [0.15, 0.2) is 76.6 Å². The number of fused-ring (bicyclic) bond motifs is 9. The number of amides is 2. The molecule has 5 unspecified atom stereocenters. The minimum Gasteiger partial charge on any atom is -0.489 e. The average molecular weight is 708 g/mol. The Balaban J connectivity index is 1.15. The maximum atomic E-state index is 14.2. The second kappa shape index (κ2) is 11.8. The highest BCUT2D eigenvalue weighted by atomic mass is 35.5. The number of H-pyrrole nitrogens is 1. The Morgan fingerprint density at radius 2 is 1.70 bits per heavy atom. The van der Waals surface area contributed by atoms with E-state index in [0.717, 1.165) is 27.5 Å². The Bertz CT molecular complexity index is 1990. The van der Waals surface area contributed by atoms with Crippen LogP contribution in [0.5, 0.6) is 5.75 Å². The van der Waals surface area contributed by atoms with Gasteiger partial charge in [0.1, 0.15) is 12.4 Å². The number of aromatic nitrogens is 1. The lowest BCUT2D eigenvalue weighted by Gasteiger charge is -2.43. The highest BCUT2D eigenvalue weighted by molar-refractivity contribution is 8.00. The number of carbonyl (C=O) groups is 3. The summed E-state index contributed by atoms with van der Waals surface area (Å²) in [6.07, 6.45) is 0.750. The van der Waals surface area contributed by atoms with Crippen molar-refractivity contribution in [1.82, 2.24) is 4.98 Å². The Morgan fingerprint density at radius 1 is 0.957 bits per heavy atom. The Hall–Kier alpha value is -3.57. The van der Waals surface area contributed by atoms with E-state index in [1.54, 1.807) is 49.0 Å². The minimum atomic E-state index is -0.478. The van der Waals surface area contributed by atoms with Gasteiger partial charge < -0.3 is 14.5 Å². The van der Waals surface area contributed by atoms with E-state index in [0.29, 0.717) is 27.0 Å². The van der Waals surface area contributed by atoms with Crippen molar-refractivity contribution in [3.05, 3.63) is 108 Å². The molecule has 0 radical (unpaired) electrons. The fourth-order valence-electron chi connectivity index (χ4n) is 8.26. The summed E-state index contributed by atoms with van der Waals surface area (Å²) in [5.41, 5.74) is 2.58. The van der Waals surface area contributed by atoms with Crippen LogP contribution < -0.4 is 14.5 Å². The summed E-state index contributed by atoms with van der Waals surface area (Å²) in [4.78, 5) is 58.3. The van der Waals surface area contributed by atoms with Gasteiger partial charge in [0.25, 0.3) is 0 Å². The van der Waals surface area contributed by atoms with Gasteiger partial charge in [-0.15, -0.1) is 11.8 Å². The topological polar surface area (TPSA) is 106 Å². The monoisotopic (exact) mass is 706 g/mol. The van der Waals surface area contributed by atoms with Crippen LogP contribution in [0.2, 0.25) is 10.0 Å². The summed E-state index contributed by atoms with van der Waals surface area (Å²) in [5, 5.41) is 1.97. The second-order valence-electron chi connectivity index (χ2n) is 12.3. The number of hydrogen-bond donors (Lipinski definition) is 1. The lowest BCUT2D eigenvalue weighted by atomic mass is 9.68. The van der Waals surface area contributed by atoms with Crippen LogP contribution >= 0.6 is 46.3 Å². The molecule has 2 aliphatic carbocycles. The molecule has 0 spiro atoms. The number of rotatable bonds is 7. The number of aromatic amines is 1. The van der Waals surface area contributed by atoms with E-state index >= 15 is 0 Å². The van der Waals surface area contributed by atoms with Crippen LogP contribution in [0.1, 0.15) is 45.6 Å². The number of imide groups is 1. The fraction of sp³-hybridized carbons (Fsp3) is 0.314. The molecule has 2 bridgehead atoms. The summed E-state index contributed by atoms with van der Waals surface area (Å²) < 4.78 is 11.5. The normalized spacial score (nSPS) is 27.0. The second-order valence-corrected chi connectivity index (χ2v) is 15.4. The van der Waals surface area contributed by atoms with Gasteiger partial charge in [-0.25, -0.2) is 4.79 Å². The van der Waals surface area contributed by atoms with E-state index in [-0.39, 0.29) is 58.8 Å². The van der Waals surface area contributed by atoms with Gasteiger partial charge in [0.15, 0.2) is 0 Å². The summed E-state index contributed by atoms with van der Waals surface area (Å²) in [5.74, 6) is -1.57. The zero-order valence-electron chi connectivity index (χ0n) is 25.0. The van der Waals surface area contributed by atoms with Crippen LogP contribution in [0.4, 0.5) is 5.69 Å². The van der Waals surface area contributed by atoms with Crippen LogP contribution in [-0.4, -0.2) is 34.6 Å². The number of thiazole rings is 1. The molecule has 2 saturated carbocycles. The third-order valence-electron chi connectivity index (χ3n) is 9.95. The number of nitrogens with one attached hydrogen (secondary N) is 1. The van der Waals surface area contributed by atoms with E-state index in [4.69, 9.17) is 32.7 Å². The van der Waals surface area contributed by atoms with Gasteiger partial charge in [0.2, 0.25) is 11.8 Å². The Kier molecular flexibility index (Phi) is 7.74. The van der Waals surface area contributed by atoms with Crippen LogP contribution in [0, 0.1) is 29.6 Å².